The standard InChI is InChI=1S/C18H24N6O3/c1-23(17(27)19-13-10-15(25)26)18(11-6-3-7-12-18)16-20-21-22-24(16)14-8-4-2-5-9-14/h2,4-5,8-9H,3,6-7,10-13H2,1H3,(H,19,27)(H,25,26). The molecule has 1 fully saturated rings. The first-order valence-electron chi connectivity index (χ1n) is 9.12. The molecule has 0 bridgehead atoms. The van der Waals surface area contributed by atoms with Crippen molar-refractivity contribution in [3.8, 4) is 5.69 Å². The third kappa shape index (κ3) is 3.91. The Morgan fingerprint density at radius 2 is 1.93 bits per heavy atom. The Morgan fingerprint density at radius 3 is 2.59 bits per heavy atom. The molecule has 0 radical (unpaired) electrons. The van der Waals surface area contributed by atoms with Crippen molar-refractivity contribution >= 4 is 12.0 Å². The van der Waals surface area contributed by atoms with Crippen LogP contribution in [-0.4, -0.2) is 55.8 Å². The predicted octanol–water partition coefficient (Wildman–Crippen LogP) is 1.94. The van der Waals surface area contributed by atoms with E-state index >= 15 is 0 Å². The number of benzene rings is 1. The van der Waals surface area contributed by atoms with Crippen LogP contribution < -0.4 is 5.32 Å². The second-order valence-corrected chi connectivity index (χ2v) is 6.78. The minimum atomic E-state index is -0.946. The Bertz CT molecular complexity index is 785. The number of urea groups is 1. The summed E-state index contributed by atoms with van der Waals surface area (Å²) in [5.41, 5.74) is 0.201. The molecule has 2 aromatic rings. The van der Waals surface area contributed by atoms with Crippen molar-refractivity contribution in [1.82, 2.24) is 30.4 Å². The van der Waals surface area contributed by atoms with E-state index in [2.05, 4.69) is 20.8 Å². The first kappa shape index (κ1) is 18.8. The third-order valence-corrected chi connectivity index (χ3v) is 5.13. The van der Waals surface area contributed by atoms with E-state index in [0.717, 1.165) is 37.8 Å². The number of carboxylic acids is 1. The van der Waals surface area contributed by atoms with Crippen molar-refractivity contribution in [2.75, 3.05) is 13.6 Å². The number of amides is 2. The van der Waals surface area contributed by atoms with Gasteiger partial charge in [-0.3, -0.25) is 4.79 Å². The minimum absolute atomic E-state index is 0.0816. The summed E-state index contributed by atoms with van der Waals surface area (Å²) in [4.78, 5) is 25.1. The SMILES string of the molecule is CN(C(=O)NCCC(=O)O)C1(c2nnnn2-c2ccccc2)CCCCC1. The lowest BCUT2D eigenvalue weighted by Crippen LogP contribution is -2.53. The van der Waals surface area contributed by atoms with Crippen molar-refractivity contribution in [2.24, 2.45) is 0 Å². The fourth-order valence-corrected chi connectivity index (χ4v) is 3.66. The number of hydrogen-bond acceptors (Lipinski definition) is 5. The number of hydrogen-bond donors (Lipinski definition) is 2. The average molecular weight is 372 g/mol. The van der Waals surface area contributed by atoms with Gasteiger partial charge in [0.15, 0.2) is 5.82 Å². The number of aliphatic carboxylic acids is 1. The van der Waals surface area contributed by atoms with Gasteiger partial charge < -0.3 is 15.3 Å². The van der Waals surface area contributed by atoms with Crippen LogP contribution in [0, 0.1) is 0 Å². The topological polar surface area (TPSA) is 113 Å². The Morgan fingerprint density at radius 1 is 1.22 bits per heavy atom. The number of nitrogens with zero attached hydrogens (tertiary/aromatic N) is 5. The maximum Gasteiger partial charge on any atom is 0.317 e. The number of aromatic nitrogens is 4. The monoisotopic (exact) mass is 372 g/mol. The molecular weight excluding hydrogens is 348 g/mol. The highest BCUT2D eigenvalue weighted by atomic mass is 16.4. The molecule has 3 rings (SSSR count). The summed E-state index contributed by atoms with van der Waals surface area (Å²) in [5.74, 6) is -0.317. The number of para-hydroxylation sites is 1. The molecule has 1 aromatic carbocycles. The molecule has 2 amide bonds. The van der Waals surface area contributed by atoms with Gasteiger partial charge in [-0.25, -0.2) is 4.79 Å². The zero-order valence-electron chi connectivity index (χ0n) is 15.3. The summed E-state index contributed by atoms with van der Waals surface area (Å²) in [6.07, 6.45) is 4.42. The van der Waals surface area contributed by atoms with Gasteiger partial charge in [0.05, 0.1) is 12.1 Å². The molecule has 1 heterocycles. The summed E-state index contributed by atoms with van der Waals surface area (Å²) in [7, 11) is 1.73. The quantitative estimate of drug-likeness (QED) is 0.801. The number of nitrogens with one attached hydrogen (secondary N) is 1. The first-order chi connectivity index (χ1) is 13.0. The second-order valence-electron chi connectivity index (χ2n) is 6.78. The lowest BCUT2D eigenvalue weighted by molar-refractivity contribution is -0.136. The average Bonchev–Trinajstić information content (AvgIpc) is 3.18. The summed E-state index contributed by atoms with van der Waals surface area (Å²) in [5, 5.41) is 23.8. The van der Waals surface area contributed by atoms with Crippen molar-refractivity contribution in [2.45, 2.75) is 44.1 Å². The van der Waals surface area contributed by atoms with Crippen molar-refractivity contribution < 1.29 is 14.7 Å². The zero-order valence-corrected chi connectivity index (χ0v) is 15.3. The van der Waals surface area contributed by atoms with Gasteiger partial charge in [0.1, 0.15) is 5.54 Å². The maximum atomic E-state index is 12.7. The van der Waals surface area contributed by atoms with Gasteiger partial charge in [-0.15, -0.1) is 5.10 Å². The molecule has 0 spiro atoms. The van der Waals surface area contributed by atoms with Gasteiger partial charge in [-0.05, 0) is 35.4 Å². The van der Waals surface area contributed by atoms with Crippen LogP contribution in [0.5, 0.6) is 0 Å². The van der Waals surface area contributed by atoms with E-state index in [-0.39, 0.29) is 19.0 Å². The normalized spacial score (nSPS) is 15.9. The molecule has 9 heteroatoms. The van der Waals surface area contributed by atoms with Crippen LogP contribution in [0.2, 0.25) is 0 Å². The van der Waals surface area contributed by atoms with Gasteiger partial charge in [-0.2, -0.15) is 4.68 Å². The van der Waals surface area contributed by atoms with Crippen LogP contribution >= 0.6 is 0 Å². The highest BCUT2D eigenvalue weighted by Crippen LogP contribution is 2.41. The summed E-state index contributed by atoms with van der Waals surface area (Å²) in [6, 6.07) is 9.27. The summed E-state index contributed by atoms with van der Waals surface area (Å²) >= 11 is 0. The number of tetrazole rings is 1. The lowest BCUT2D eigenvalue weighted by atomic mass is 9.79. The summed E-state index contributed by atoms with van der Waals surface area (Å²) in [6.45, 7) is 0.0816. The molecule has 9 nitrogen and oxygen atoms in total. The smallest absolute Gasteiger partial charge is 0.317 e. The fraction of sp³-hybridized carbons (Fsp3) is 0.500. The van der Waals surface area contributed by atoms with E-state index < -0.39 is 11.5 Å². The third-order valence-electron chi connectivity index (χ3n) is 5.13. The molecule has 1 saturated carbocycles. The van der Waals surface area contributed by atoms with Crippen LogP contribution in [0.1, 0.15) is 44.3 Å². The van der Waals surface area contributed by atoms with E-state index in [9.17, 15) is 9.59 Å². The molecule has 2 N–H and O–H groups in total. The van der Waals surface area contributed by atoms with E-state index in [1.807, 2.05) is 30.3 Å². The van der Waals surface area contributed by atoms with Crippen LogP contribution in [0.15, 0.2) is 30.3 Å². The van der Waals surface area contributed by atoms with Gasteiger partial charge in [0.25, 0.3) is 0 Å². The number of carbonyl (C=O) groups is 2. The van der Waals surface area contributed by atoms with Gasteiger partial charge in [-0.1, -0.05) is 37.5 Å². The molecule has 0 atom stereocenters. The van der Waals surface area contributed by atoms with E-state index in [1.165, 1.54) is 0 Å². The second kappa shape index (κ2) is 8.15. The Balaban J connectivity index is 1.91. The number of rotatable bonds is 6. The Kier molecular flexibility index (Phi) is 5.68. The first-order valence-corrected chi connectivity index (χ1v) is 9.12. The van der Waals surface area contributed by atoms with Crippen LogP contribution in [0.4, 0.5) is 4.79 Å². The molecule has 0 aliphatic heterocycles. The minimum Gasteiger partial charge on any atom is -0.481 e. The van der Waals surface area contributed by atoms with Gasteiger partial charge in [0, 0.05) is 13.6 Å². The molecule has 144 valence electrons. The predicted molar refractivity (Wildman–Crippen MR) is 97.3 cm³/mol. The van der Waals surface area contributed by atoms with E-state index in [4.69, 9.17) is 5.11 Å². The Hall–Kier alpha value is -2.97. The van der Waals surface area contributed by atoms with Crippen molar-refractivity contribution in [3.05, 3.63) is 36.2 Å². The maximum absolute atomic E-state index is 12.7. The molecule has 27 heavy (non-hydrogen) atoms. The fourth-order valence-electron chi connectivity index (χ4n) is 3.66. The van der Waals surface area contributed by atoms with Crippen molar-refractivity contribution in [1.29, 1.82) is 0 Å². The largest absolute Gasteiger partial charge is 0.481 e. The summed E-state index contributed by atoms with van der Waals surface area (Å²) < 4.78 is 1.69. The van der Waals surface area contributed by atoms with E-state index in [0.29, 0.717) is 5.82 Å². The van der Waals surface area contributed by atoms with Crippen LogP contribution in [-0.2, 0) is 10.3 Å². The number of carbonyl (C=O) groups excluding carboxylic acids is 1. The molecule has 0 unspecified atom stereocenters. The van der Waals surface area contributed by atoms with Gasteiger partial charge >= 0.3 is 12.0 Å². The molecule has 0 saturated heterocycles. The Labute approximate surface area is 157 Å². The lowest BCUT2D eigenvalue weighted by Gasteiger charge is -2.43. The van der Waals surface area contributed by atoms with Crippen LogP contribution in [0.3, 0.4) is 0 Å². The highest BCUT2D eigenvalue weighted by molar-refractivity contribution is 5.76. The highest BCUT2D eigenvalue weighted by Gasteiger charge is 2.44. The zero-order chi connectivity index (χ0) is 19.3. The van der Waals surface area contributed by atoms with E-state index in [1.54, 1.807) is 16.6 Å². The van der Waals surface area contributed by atoms with Crippen molar-refractivity contribution in [3.63, 3.8) is 0 Å². The molecule has 1 aliphatic rings. The molecular formula is C18H24N6O3. The van der Waals surface area contributed by atoms with Crippen LogP contribution in [0.25, 0.3) is 5.69 Å². The molecule has 1 aromatic heterocycles. The number of carboxylic acid groups (broad SMARTS) is 1. The van der Waals surface area contributed by atoms with Gasteiger partial charge in [0.2, 0.25) is 0 Å². The molecule has 1 aliphatic carbocycles.